The third-order valence-electron chi connectivity index (χ3n) is 7.30. The number of rotatable bonds is 4. The molecule has 0 bridgehead atoms. The fraction of sp³-hybridized carbons (Fsp3) is 0.565. The first-order valence-corrected chi connectivity index (χ1v) is 11.7. The third kappa shape index (κ3) is 4.06. The summed E-state index contributed by atoms with van der Waals surface area (Å²) in [6, 6.07) is 4.04. The zero-order valence-corrected chi connectivity index (χ0v) is 18.8. The molecule has 1 aliphatic carbocycles. The molecule has 2 aliphatic heterocycles. The number of hydrazine groups is 1. The predicted molar refractivity (Wildman–Crippen MR) is 115 cm³/mol. The van der Waals surface area contributed by atoms with E-state index in [9.17, 15) is 22.8 Å². The second kappa shape index (κ2) is 9.01. The number of aromatic nitrogens is 3. The molecule has 1 aromatic heterocycles. The van der Waals surface area contributed by atoms with E-state index in [0.717, 1.165) is 31.2 Å². The lowest BCUT2D eigenvalue weighted by molar-refractivity contribution is -0.133. The third-order valence-corrected chi connectivity index (χ3v) is 7.30. The first kappa shape index (κ1) is 22.8. The Balaban J connectivity index is 1.34. The Morgan fingerprint density at radius 3 is 2.82 bits per heavy atom. The quantitative estimate of drug-likeness (QED) is 0.708. The molecule has 1 saturated carbocycles. The molecule has 1 aromatic carbocycles. The van der Waals surface area contributed by atoms with Crippen molar-refractivity contribution in [2.24, 2.45) is 11.8 Å². The van der Waals surface area contributed by atoms with Gasteiger partial charge in [0, 0.05) is 18.5 Å². The number of amides is 2. The van der Waals surface area contributed by atoms with Gasteiger partial charge in [0.2, 0.25) is 11.7 Å². The summed E-state index contributed by atoms with van der Waals surface area (Å²) in [5, 5.41) is 7.38. The number of halogens is 3. The minimum absolute atomic E-state index is 0.00209. The van der Waals surface area contributed by atoms with Crippen LogP contribution in [0, 0.1) is 17.7 Å². The lowest BCUT2D eigenvalue weighted by atomic mass is 9.72. The molecule has 3 aliphatic rings. The molecule has 1 saturated heterocycles. The van der Waals surface area contributed by atoms with Gasteiger partial charge in [-0.15, -0.1) is 10.2 Å². The summed E-state index contributed by atoms with van der Waals surface area (Å²) in [5.74, 6) is -1.11. The highest BCUT2D eigenvalue weighted by Gasteiger charge is 2.40. The molecule has 0 radical (unpaired) electrons. The Kier molecular flexibility index (Phi) is 6.05. The van der Waals surface area contributed by atoms with Crippen molar-refractivity contribution in [3.05, 3.63) is 46.8 Å². The maximum atomic E-state index is 14.7. The van der Waals surface area contributed by atoms with E-state index in [-0.39, 0.29) is 48.3 Å². The molecule has 3 heterocycles. The minimum atomic E-state index is -2.76. The van der Waals surface area contributed by atoms with Gasteiger partial charge in [0.1, 0.15) is 5.82 Å². The molecule has 8 nitrogen and oxygen atoms in total. The molecular weight excluding hydrogens is 449 g/mol. The van der Waals surface area contributed by atoms with Gasteiger partial charge in [0.05, 0.1) is 18.2 Å². The average Bonchev–Trinajstić information content (AvgIpc) is 3.27. The lowest BCUT2D eigenvalue weighted by Crippen LogP contribution is -2.60. The fourth-order valence-corrected chi connectivity index (χ4v) is 5.69. The average molecular weight is 477 g/mol. The van der Waals surface area contributed by atoms with Crippen LogP contribution in [-0.4, -0.2) is 44.1 Å². The van der Waals surface area contributed by atoms with E-state index in [0.29, 0.717) is 6.42 Å². The second-order valence-corrected chi connectivity index (χ2v) is 9.49. The molecule has 2 N–H and O–H groups in total. The molecule has 2 amide bonds. The maximum absolute atomic E-state index is 14.7. The van der Waals surface area contributed by atoms with Gasteiger partial charge in [-0.05, 0) is 49.8 Å². The summed E-state index contributed by atoms with van der Waals surface area (Å²) in [4.78, 5) is 26.9. The highest BCUT2D eigenvalue weighted by atomic mass is 19.3. The molecule has 34 heavy (non-hydrogen) atoms. The van der Waals surface area contributed by atoms with Crippen LogP contribution in [0.15, 0.2) is 18.2 Å². The van der Waals surface area contributed by atoms with E-state index in [2.05, 4.69) is 21.0 Å². The number of carbonyl (C=O) groups excluding carboxylic acids is 2. The van der Waals surface area contributed by atoms with Crippen molar-refractivity contribution in [2.75, 3.05) is 6.54 Å². The van der Waals surface area contributed by atoms with E-state index in [1.54, 1.807) is 19.1 Å². The normalized spacial score (nSPS) is 26.7. The SMILES string of the molecule is CC1CN(C(=O)c2cc(CC3NNC(=O)C4CCCCC34)ccc2F)Cc2nnc(C(F)F)n21. The van der Waals surface area contributed by atoms with Crippen molar-refractivity contribution in [1.29, 1.82) is 0 Å². The zero-order chi connectivity index (χ0) is 24.0. The van der Waals surface area contributed by atoms with E-state index in [1.807, 2.05) is 0 Å². The van der Waals surface area contributed by atoms with Crippen LogP contribution in [0.25, 0.3) is 0 Å². The van der Waals surface area contributed by atoms with Crippen molar-refractivity contribution in [2.45, 2.75) is 64.1 Å². The number of nitrogens with zero attached hydrogens (tertiary/aromatic N) is 4. The van der Waals surface area contributed by atoms with Gasteiger partial charge >= 0.3 is 0 Å². The molecular formula is C23H27F3N6O2. The van der Waals surface area contributed by atoms with Crippen LogP contribution in [-0.2, 0) is 17.8 Å². The molecule has 5 rings (SSSR count). The Morgan fingerprint density at radius 1 is 1.24 bits per heavy atom. The molecule has 11 heteroatoms. The van der Waals surface area contributed by atoms with Gasteiger partial charge in [-0.1, -0.05) is 18.9 Å². The topological polar surface area (TPSA) is 92.2 Å². The summed E-state index contributed by atoms with van der Waals surface area (Å²) in [6.07, 6.45) is 1.72. The van der Waals surface area contributed by atoms with Crippen molar-refractivity contribution >= 4 is 11.8 Å². The van der Waals surface area contributed by atoms with Crippen molar-refractivity contribution in [1.82, 2.24) is 30.5 Å². The summed E-state index contributed by atoms with van der Waals surface area (Å²) in [5.41, 5.74) is 6.60. The predicted octanol–water partition coefficient (Wildman–Crippen LogP) is 2.92. The smallest absolute Gasteiger partial charge is 0.297 e. The number of fused-ring (bicyclic) bond motifs is 2. The van der Waals surface area contributed by atoms with Gasteiger partial charge < -0.3 is 9.47 Å². The van der Waals surface area contributed by atoms with Gasteiger partial charge in [0.15, 0.2) is 5.82 Å². The van der Waals surface area contributed by atoms with Crippen LogP contribution in [0.1, 0.15) is 72.6 Å². The van der Waals surface area contributed by atoms with Crippen LogP contribution in [0.3, 0.4) is 0 Å². The van der Waals surface area contributed by atoms with E-state index in [1.165, 1.54) is 15.5 Å². The Bertz CT molecular complexity index is 1110. The largest absolute Gasteiger partial charge is 0.329 e. The van der Waals surface area contributed by atoms with Gasteiger partial charge in [-0.3, -0.25) is 15.0 Å². The maximum Gasteiger partial charge on any atom is 0.297 e. The number of nitrogens with one attached hydrogen (secondary N) is 2. The summed E-state index contributed by atoms with van der Waals surface area (Å²) < 4.78 is 42.5. The number of benzene rings is 1. The van der Waals surface area contributed by atoms with Crippen molar-refractivity contribution in [3.8, 4) is 0 Å². The van der Waals surface area contributed by atoms with E-state index < -0.39 is 30.0 Å². The number of hydrogen-bond acceptors (Lipinski definition) is 5. The summed E-state index contributed by atoms with van der Waals surface area (Å²) in [6.45, 7) is 1.83. The minimum Gasteiger partial charge on any atom is -0.329 e. The highest BCUT2D eigenvalue weighted by molar-refractivity contribution is 5.94. The molecule has 0 spiro atoms. The highest BCUT2D eigenvalue weighted by Crippen LogP contribution is 2.35. The fourth-order valence-electron chi connectivity index (χ4n) is 5.69. The molecule has 2 fully saturated rings. The van der Waals surface area contributed by atoms with E-state index in [4.69, 9.17) is 0 Å². The standard InChI is InChI=1S/C23H27F3N6O2/c1-12-10-31(11-19-28-29-21(20(25)26)32(12)19)23(34)16-8-13(6-7-17(16)24)9-18-14-4-2-3-5-15(14)22(33)30-27-18/h6-8,12,14-15,18,20,27H,2-5,9-11H2,1H3,(H,30,33). The number of carbonyl (C=O) groups is 2. The molecule has 4 atom stereocenters. The first-order valence-electron chi connectivity index (χ1n) is 11.7. The van der Waals surface area contributed by atoms with E-state index >= 15 is 0 Å². The van der Waals surface area contributed by atoms with Gasteiger partial charge in [0.25, 0.3) is 12.3 Å². The second-order valence-electron chi connectivity index (χ2n) is 9.49. The summed E-state index contributed by atoms with van der Waals surface area (Å²) in [7, 11) is 0. The van der Waals surface area contributed by atoms with Gasteiger partial charge in [-0.2, -0.15) is 0 Å². The first-order chi connectivity index (χ1) is 16.3. The van der Waals surface area contributed by atoms with Crippen molar-refractivity contribution in [3.63, 3.8) is 0 Å². The monoisotopic (exact) mass is 476 g/mol. The van der Waals surface area contributed by atoms with Crippen LogP contribution >= 0.6 is 0 Å². The Labute approximate surface area is 194 Å². The van der Waals surface area contributed by atoms with Crippen LogP contribution in [0.5, 0.6) is 0 Å². The Hall–Kier alpha value is -2.95. The van der Waals surface area contributed by atoms with Gasteiger partial charge in [-0.25, -0.2) is 18.6 Å². The molecule has 2 aromatic rings. The summed E-state index contributed by atoms with van der Waals surface area (Å²) >= 11 is 0. The lowest BCUT2D eigenvalue weighted by Gasteiger charge is -2.41. The van der Waals surface area contributed by atoms with Crippen LogP contribution in [0.2, 0.25) is 0 Å². The number of hydrogen-bond donors (Lipinski definition) is 2. The number of alkyl halides is 2. The van der Waals surface area contributed by atoms with Crippen LogP contribution in [0.4, 0.5) is 13.2 Å². The Morgan fingerprint density at radius 2 is 2.03 bits per heavy atom. The van der Waals surface area contributed by atoms with Crippen LogP contribution < -0.4 is 10.9 Å². The molecule has 182 valence electrons. The molecule has 4 unspecified atom stereocenters. The zero-order valence-electron chi connectivity index (χ0n) is 18.8. The van der Waals surface area contributed by atoms with Crippen molar-refractivity contribution < 1.29 is 22.8 Å².